The Morgan fingerprint density at radius 2 is 1.73 bits per heavy atom. The number of nitro groups is 1. The van der Waals surface area contributed by atoms with Crippen LogP contribution in [0.1, 0.15) is 92.9 Å². The van der Waals surface area contributed by atoms with E-state index in [4.69, 9.17) is 38.4 Å². The lowest BCUT2D eigenvalue weighted by Crippen LogP contribution is -2.60. The zero-order valence-electron chi connectivity index (χ0n) is 46.7. The number of carbonyl (C=O) groups is 1. The molecule has 22 nitrogen and oxygen atoms in total. The molecule has 6 aromatic rings. The zero-order chi connectivity index (χ0) is 56.6. The molecule has 0 unspecified atom stereocenters. The highest BCUT2D eigenvalue weighted by Gasteiger charge is 2.51. The van der Waals surface area contributed by atoms with Gasteiger partial charge in [-0.05, 0) is 119 Å². The van der Waals surface area contributed by atoms with Gasteiger partial charge in [0, 0.05) is 93.6 Å². The quantitative estimate of drug-likeness (QED) is 0.0774. The summed E-state index contributed by atoms with van der Waals surface area (Å²) in [6.07, 6.45) is 11.0. The molecule has 1 aliphatic carbocycles. The van der Waals surface area contributed by atoms with Crippen LogP contribution in [0.2, 0.25) is 0 Å². The van der Waals surface area contributed by atoms with Crippen LogP contribution in [0.5, 0.6) is 23.1 Å². The molecule has 14 rings (SSSR count). The smallest absolute Gasteiger partial charge is 0.297 e. The molecule has 436 valence electrons. The fourth-order valence-electron chi connectivity index (χ4n) is 14.2. The first-order valence-electron chi connectivity index (χ1n) is 29.4. The van der Waals surface area contributed by atoms with E-state index in [1.165, 1.54) is 11.6 Å². The Balaban J connectivity index is 0.743. The largest absolute Gasteiger partial charge is 0.491 e. The number of carbonyl (C=O) groups excluding carboxylic acids is 1. The highest BCUT2D eigenvalue weighted by molar-refractivity contribution is 7.90. The van der Waals surface area contributed by atoms with E-state index in [0.29, 0.717) is 61.8 Å². The maximum absolute atomic E-state index is 15.0. The van der Waals surface area contributed by atoms with Gasteiger partial charge in [0.25, 0.3) is 21.6 Å². The summed E-state index contributed by atoms with van der Waals surface area (Å²) >= 11 is 0. The number of sulfonamides is 1. The number of fused-ring (bicyclic) bond motifs is 5. The maximum Gasteiger partial charge on any atom is 0.297 e. The molecule has 83 heavy (non-hydrogen) atoms. The summed E-state index contributed by atoms with van der Waals surface area (Å²) in [5, 5.41) is 16.7. The van der Waals surface area contributed by atoms with Crippen molar-refractivity contribution in [3.05, 3.63) is 106 Å². The molecular weight excluding hydrogens is 1080 g/mol. The molecular formula is C60H69N11O11S. The van der Waals surface area contributed by atoms with Crippen LogP contribution in [0.25, 0.3) is 11.0 Å². The van der Waals surface area contributed by atoms with Crippen LogP contribution in [-0.2, 0) is 25.9 Å². The van der Waals surface area contributed by atoms with E-state index in [0.717, 1.165) is 124 Å². The average Bonchev–Trinajstić information content (AvgIpc) is 4.22. The van der Waals surface area contributed by atoms with Crippen molar-refractivity contribution in [2.24, 2.45) is 11.3 Å². The highest BCUT2D eigenvalue weighted by Crippen LogP contribution is 2.55. The number of aryl methyl sites for hydroxylation is 1. The molecule has 1 spiro atoms. The van der Waals surface area contributed by atoms with Gasteiger partial charge in [0.05, 0.1) is 64.2 Å². The number of nitrogens with zero attached hydrogens (tertiary/aromatic N) is 8. The highest BCUT2D eigenvalue weighted by atomic mass is 32.2. The number of para-hydroxylation sites is 1. The van der Waals surface area contributed by atoms with Gasteiger partial charge in [0.2, 0.25) is 5.88 Å². The average molecular weight is 1150 g/mol. The van der Waals surface area contributed by atoms with Gasteiger partial charge in [-0.1, -0.05) is 18.2 Å². The van der Waals surface area contributed by atoms with Crippen LogP contribution < -0.4 is 43.7 Å². The number of anilines is 5. The first-order chi connectivity index (χ1) is 40.3. The predicted molar refractivity (Wildman–Crippen MR) is 309 cm³/mol. The van der Waals surface area contributed by atoms with E-state index in [-0.39, 0.29) is 65.8 Å². The molecule has 0 radical (unpaired) electrons. The number of piperidine rings is 1. The standard InChI is InChI=1S/C60H69N11O11S/c1-36(2)81-51-8-4-3-6-42(51)50-32-68(57-55-44(62-35-63-57)7-5-22-79-55)20-21-69(50)40-30-60(31-40)15-18-67(19-16-60)39-9-10-43(47(27-39)70-46-14-25-78-34-53(46)82-59-49(70)26-38-11-17-61-56(38)65-59)58(72)66-83(75,76)41-28-48(71(73)74)54-52(29-41)80-33-45(64-54)37-12-23-77-24-13-37/h3-4,6,8-11,17,26-29,35-37,40,45-46,50,53,64H,5,7,12-16,18-25,30-34H2,1-2H3,(H,61,65)(H,66,72)/t45-,46-,50-,53-/m0/s1. The minimum absolute atomic E-state index is 0.0175. The number of amides is 1. The predicted octanol–water partition coefficient (Wildman–Crippen LogP) is 8.09. The molecule has 5 fully saturated rings. The molecule has 1 saturated carbocycles. The second kappa shape index (κ2) is 21.6. The Morgan fingerprint density at radius 3 is 2.57 bits per heavy atom. The van der Waals surface area contributed by atoms with E-state index in [2.05, 4.69) is 71.7 Å². The van der Waals surface area contributed by atoms with Crippen LogP contribution in [0.15, 0.2) is 84.1 Å². The SMILES string of the molecule is CC(C)Oc1ccccc1[C@@H]1CN(c2ncnc3c2OCCC3)CCN1C1CC2(CCN(c3ccc(C(=O)NS(=O)(=O)c4cc5c(c([N+](=O)[O-])c4)N[C@H](C4CCOCC4)CO5)c(N4c5cc6cc[nH]c6nc5O[C@H]5COCC[C@@H]54)c3)CC2)C1. The van der Waals surface area contributed by atoms with E-state index in [1.807, 2.05) is 30.3 Å². The maximum atomic E-state index is 15.0. The topological polar surface area (TPSA) is 241 Å². The molecule has 3 aromatic carbocycles. The monoisotopic (exact) mass is 1150 g/mol. The van der Waals surface area contributed by atoms with Crippen molar-refractivity contribution < 1.29 is 46.6 Å². The van der Waals surface area contributed by atoms with E-state index in [1.54, 1.807) is 18.6 Å². The summed E-state index contributed by atoms with van der Waals surface area (Å²) in [5.74, 6) is 2.21. The molecule has 3 N–H and O–H groups in total. The normalized spacial score (nSPS) is 23.6. The van der Waals surface area contributed by atoms with Gasteiger partial charge in [0.15, 0.2) is 23.0 Å². The number of benzene rings is 3. The number of ether oxygens (including phenoxy) is 6. The lowest BCUT2D eigenvalue weighted by molar-refractivity contribution is -0.384. The summed E-state index contributed by atoms with van der Waals surface area (Å²) in [5.41, 5.74) is 4.65. The minimum atomic E-state index is -4.72. The Kier molecular flexibility index (Phi) is 13.9. The van der Waals surface area contributed by atoms with Gasteiger partial charge in [-0.25, -0.2) is 23.1 Å². The van der Waals surface area contributed by atoms with Crippen molar-refractivity contribution in [3.63, 3.8) is 0 Å². The molecule has 4 atom stereocenters. The Bertz CT molecular complexity index is 3580. The number of piperazine rings is 1. The van der Waals surface area contributed by atoms with Crippen LogP contribution in [0.3, 0.4) is 0 Å². The molecule has 3 aromatic heterocycles. The van der Waals surface area contributed by atoms with Crippen molar-refractivity contribution in [3.8, 4) is 23.1 Å². The molecule has 23 heteroatoms. The lowest BCUT2D eigenvalue weighted by atomic mass is 9.59. The number of pyridine rings is 1. The first kappa shape index (κ1) is 53.5. The third-order valence-electron chi connectivity index (χ3n) is 18.5. The summed E-state index contributed by atoms with van der Waals surface area (Å²) in [6.45, 7) is 10.8. The first-order valence-corrected chi connectivity index (χ1v) is 30.8. The van der Waals surface area contributed by atoms with Crippen molar-refractivity contribution in [2.45, 2.75) is 113 Å². The van der Waals surface area contributed by atoms with Crippen LogP contribution in [0.4, 0.5) is 34.3 Å². The molecule has 10 heterocycles. The molecule has 7 aliphatic heterocycles. The molecule has 8 aliphatic rings. The van der Waals surface area contributed by atoms with E-state index in [9.17, 15) is 23.3 Å². The van der Waals surface area contributed by atoms with E-state index >= 15 is 0 Å². The van der Waals surface area contributed by atoms with E-state index < -0.39 is 37.5 Å². The third-order valence-corrected chi connectivity index (χ3v) is 19.8. The molecule has 4 saturated heterocycles. The zero-order valence-corrected chi connectivity index (χ0v) is 47.5. The Labute approximate surface area is 481 Å². The van der Waals surface area contributed by atoms with Gasteiger partial charge in [-0.2, -0.15) is 4.98 Å². The Hall–Kier alpha value is -7.47. The van der Waals surface area contributed by atoms with Crippen LogP contribution in [0, 0.1) is 21.4 Å². The van der Waals surface area contributed by atoms with Crippen molar-refractivity contribution in [1.29, 1.82) is 0 Å². The number of hydrogen-bond acceptors (Lipinski definition) is 19. The van der Waals surface area contributed by atoms with Gasteiger partial charge in [0.1, 0.15) is 36.1 Å². The molecule has 1 amide bonds. The minimum Gasteiger partial charge on any atom is -0.491 e. The van der Waals surface area contributed by atoms with Gasteiger partial charge >= 0.3 is 0 Å². The van der Waals surface area contributed by atoms with Gasteiger partial charge < -0.3 is 53.4 Å². The number of H-pyrrole nitrogens is 1. The van der Waals surface area contributed by atoms with Crippen molar-refractivity contribution in [2.75, 3.05) is 92.4 Å². The number of nitrogens with one attached hydrogen (secondary N) is 3. The number of aromatic amines is 1. The fourth-order valence-corrected chi connectivity index (χ4v) is 15.2. The fraction of sp³-hybridized carbons (Fsp3) is 0.500. The summed E-state index contributed by atoms with van der Waals surface area (Å²) in [7, 11) is -4.72. The summed E-state index contributed by atoms with van der Waals surface area (Å²) in [4.78, 5) is 53.4. The van der Waals surface area contributed by atoms with Crippen molar-refractivity contribution >= 4 is 61.2 Å². The molecule has 0 bridgehead atoms. The summed E-state index contributed by atoms with van der Waals surface area (Å²) < 4.78 is 68.1. The second-order valence-electron chi connectivity index (χ2n) is 23.8. The number of aromatic nitrogens is 4. The Morgan fingerprint density at radius 1 is 0.904 bits per heavy atom. The third kappa shape index (κ3) is 10.0. The number of rotatable bonds is 12. The number of hydrogen-bond donors (Lipinski definition) is 3. The second-order valence-corrected chi connectivity index (χ2v) is 25.5. The van der Waals surface area contributed by atoms with Crippen LogP contribution >= 0.6 is 0 Å². The van der Waals surface area contributed by atoms with Gasteiger partial charge in [-0.15, -0.1) is 0 Å². The van der Waals surface area contributed by atoms with Crippen molar-refractivity contribution in [1.82, 2.24) is 29.6 Å². The van der Waals surface area contributed by atoms with Crippen LogP contribution in [-0.4, -0.2) is 147 Å². The number of nitro benzene ring substituents is 1. The lowest BCUT2D eigenvalue weighted by Gasteiger charge is -2.58. The van der Waals surface area contributed by atoms with Gasteiger partial charge in [-0.3, -0.25) is 19.8 Å². The summed E-state index contributed by atoms with van der Waals surface area (Å²) in [6, 6.07) is 20.1.